The normalized spacial score (nSPS) is 9.97. The topological polar surface area (TPSA) is 115 Å². The molecular formula is C21H25N3O6. The first-order chi connectivity index (χ1) is 14.5. The number of rotatable bonds is 9. The summed E-state index contributed by atoms with van der Waals surface area (Å²) in [5.74, 6) is -0.360. The zero-order chi connectivity index (χ0) is 21.9. The van der Waals surface area contributed by atoms with E-state index in [4.69, 9.17) is 14.2 Å². The van der Waals surface area contributed by atoms with Gasteiger partial charge in [0, 0.05) is 24.9 Å². The number of methoxy groups -OCH3 is 3. The van der Waals surface area contributed by atoms with Crippen LogP contribution in [0.2, 0.25) is 0 Å². The van der Waals surface area contributed by atoms with Gasteiger partial charge in [0.05, 0.1) is 21.3 Å². The van der Waals surface area contributed by atoms with Crippen LogP contribution in [-0.2, 0) is 16.1 Å². The zero-order valence-corrected chi connectivity index (χ0v) is 17.1. The summed E-state index contributed by atoms with van der Waals surface area (Å²) in [6, 6.07) is 12.4. The van der Waals surface area contributed by atoms with Gasteiger partial charge in [-0.3, -0.25) is 25.2 Å². The first-order valence-electron chi connectivity index (χ1n) is 9.18. The molecule has 0 heterocycles. The number of carbonyl (C=O) groups excluding carboxylic acids is 3. The fourth-order valence-electron chi connectivity index (χ4n) is 2.59. The van der Waals surface area contributed by atoms with Crippen molar-refractivity contribution in [1.82, 2.24) is 16.2 Å². The van der Waals surface area contributed by atoms with Gasteiger partial charge in [-0.05, 0) is 17.7 Å². The summed E-state index contributed by atoms with van der Waals surface area (Å²) in [5, 5.41) is 2.74. The van der Waals surface area contributed by atoms with Gasteiger partial charge in [0.1, 0.15) is 0 Å². The standard InChI is InChI=1S/C21H25N3O6/c1-28-16-11-15(12-17(29-2)20(16)30-3)21(27)24-23-19(26)10-9-18(25)22-13-14-7-5-4-6-8-14/h4-8,11-12H,9-10,13H2,1-3H3,(H,22,25)(H,23,26)(H,24,27). The summed E-state index contributed by atoms with van der Waals surface area (Å²) in [5.41, 5.74) is 5.75. The Morgan fingerprint density at radius 3 is 1.97 bits per heavy atom. The number of nitrogens with one attached hydrogen (secondary N) is 3. The highest BCUT2D eigenvalue weighted by Gasteiger charge is 2.17. The van der Waals surface area contributed by atoms with Gasteiger partial charge in [-0.1, -0.05) is 30.3 Å². The highest BCUT2D eigenvalue weighted by molar-refractivity contribution is 5.96. The molecule has 9 heteroatoms. The van der Waals surface area contributed by atoms with Gasteiger partial charge in [0.15, 0.2) is 11.5 Å². The molecule has 9 nitrogen and oxygen atoms in total. The van der Waals surface area contributed by atoms with Gasteiger partial charge in [0.2, 0.25) is 17.6 Å². The van der Waals surface area contributed by atoms with Crippen LogP contribution in [0, 0.1) is 0 Å². The van der Waals surface area contributed by atoms with E-state index in [1.807, 2.05) is 30.3 Å². The molecule has 0 aromatic heterocycles. The highest BCUT2D eigenvalue weighted by Crippen LogP contribution is 2.38. The van der Waals surface area contributed by atoms with Crippen LogP contribution in [0.4, 0.5) is 0 Å². The van der Waals surface area contributed by atoms with Gasteiger partial charge in [-0.25, -0.2) is 0 Å². The molecule has 0 radical (unpaired) electrons. The van der Waals surface area contributed by atoms with Crippen LogP contribution in [0.5, 0.6) is 17.2 Å². The van der Waals surface area contributed by atoms with Crippen LogP contribution in [0.3, 0.4) is 0 Å². The summed E-state index contributed by atoms with van der Waals surface area (Å²) in [6.07, 6.45) is -0.0745. The summed E-state index contributed by atoms with van der Waals surface area (Å²) < 4.78 is 15.6. The van der Waals surface area contributed by atoms with Crippen molar-refractivity contribution in [3.05, 3.63) is 53.6 Å². The van der Waals surface area contributed by atoms with Crippen molar-refractivity contribution in [3.63, 3.8) is 0 Å². The second-order valence-corrected chi connectivity index (χ2v) is 6.18. The molecule has 3 amide bonds. The Labute approximate surface area is 174 Å². The van der Waals surface area contributed by atoms with E-state index in [1.165, 1.54) is 33.5 Å². The molecular weight excluding hydrogens is 390 g/mol. The molecule has 0 saturated carbocycles. The van der Waals surface area contributed by atoms with E-state index in [-0.39, 0.29) is 24.3 Å². The fraction of sp³-hybridized carbons (Fsp3) is 0.286. The third-order valence-electron chi connectivity index (χ3n) is 4.15. The quantitative estimate of drug-likeness (QED) is 0.536. The molecule has 0 spiro atoms. The average Bonchev–Trinajstić information content (AvgIpc) is 2.79. The lowest BCUT2D eigenvalue weighted by molar-refractivity contribution is -0.126. The molecule has 0 saturated heterocycles. The first kappa shape index (κ1) is 22.5. The minimum absolute atomic E-state index is 0.00127. The lowest BCUT2D eigenvalue weighted by atomic mass is 10.1. The lowest BCUT2D eigenvalue weighted by Crippen LogP contribution is -2.42. The molecule has 30 heavy (non-hydrogen) atoms. The first-order valence-corrected chi connectivity index (χ1v) is 9.18. The van der Waals surface area contributed by atoms with Crippen molar-refractivity contribution in [3.8, 4) is 17.2 Å². The van der Waals surface area contributed by atoms with Crippen molar-refractivity contribution in [2.45, 2.75) is 19.4 Å². The smallest absolute Gasteiger partial charge is 0.269 e. The third-order valence-corrected chi connectivity index (χ3v) is 4.15. The molecule has 160 valence electrons. The Bertz CT molecular complexity index is 861. The van der Waals surface area contributed by atoms with Crippen molar-refractivity contribution in [2.75, 3.05) is 21.3 Å². The maximum Gasteiger partial charge on any atom is 0.269 e. The summed E-state index contributed by atoms with van der Waals surface area (Å²) in [4.78, 5) is 36.1. The fourth-order valence-corrected chi connectivity index (χ4v) is 2.59. The predicted molar refractivity (Wildman–Crippen MR) is 109 cm³/mol. The Morgan fingerprint density at radius 1 is 0.800 bits per heavy atom. The number of ether oxygens (including phenoxy) is 3. The number of benzene rings is 2. The number of hydrogen-bond acceptors (Lipinski definition) is 6. The molecule has 0 aliphatic heterocycles. The molecule has 2 rings (SSSR count). The molecule has 0 bridgehead atoms. The molecule has 0 aliphatic rings. The number of hydrogen-bond donors (Lipinski definition) is 3. The number of carbonyl (C=O) groups is 3. The zero-order valence-electron chi connectivity index (χ0n) is 17.1. The Morgan fingerprint density at radius 2 is 1.40 bits per heavy atom. The molecule has 2 aromatic rings. The van der Waals surface area contributed by atoms with E-state index in [1.54, 1.807) is 0 Å². The van der Waals surface area contributed by atoms with Gasteiger partial charge in [-0.2, -0.15) is 0 Å². The summed E-state index contributed by atoms with van der Waals surface area (Å²) in [7, 11) is 4.32. The minimum atomic E-state index is -0.573. The second kappa shape index (κ2) is 11.3. The number of hydrazine groups is 1. The predicted octanol–water partition coefficient (Wildman–Crippen LogP) is 1.57. The summed E-state index contributed by atoms with van der Waals surface area (Å²) in [6.45, 7) is 0.388. The van der Waals surface area contributed by atoms with Gasteiger partial charge in [0.25, 0.3) is 5.91 Å². The van der Waals surface area contributed by atoms with E-state index in [0.717, 1.165) is 5.56 Å². The van der Waals surface area contributed by atoms with Crippen LogP contribution in [-0.4, -0.2) is 39.1 Å². The Balaban J connectivity index is 1.81. The van der Waals surface area contributed by atoms with Crippen molar-refractivity contribution in [2.24, 2.45) is 0 Å². The molecule has 0 unspecified atom stereocenters. The number of amides is 3. The molecule has 3 N–H and O–H groups in total. The SMILES string of the molecule is COc1cc(C(=O)NNC(=O)CCC(=O)NCc2ccccc2)cc(OC)c1OC. The maximum absolute atomic E-state index is 12.3. The van der Waals surface area contributed by atoms with E-state index in [0.29, 0.717) is 23.8 Å². The van der Waals surface area contributed by atoms with Crippen LogP contribution in [0.1, 0.15) is 28.8 Å². The molecule has 0 aliphatic carbocycles. The largest absolute Gasteiger partial charge is 0.493 e. The summed E-state index contributed by atoms with van der Waals surface area (Å²) >= 11 is 0. The monoisotopic (exact) mass is 415 g/mol. The van der Waals surface area contributed by atoms with Crippen LogP contribution in [0.15, 0.2) is 42.5 Å². The van der Waals surface area contributed by atoms with E-state index in [9.17, 15) is 14.4 Å². The molecule has 2 aromatic carbocycles. The average molecular weight is 415 g/mol. The van der Waals surface area contributed by atoms with Crippen LogP contribution in [0.25, 0.3) is 0 Å². The van der Waals surface area contributed by atoms with Crippen LogP contribution < -0.4 is 30.4 Å². The van der Waals surface area contributed by atoms with Crippen molar-refractivity contribution >= 4 is 17.7 Å². The Hall–Kier alpha value is -3.75. The maximum atomic E-state index is 12.3. The Kier molecular flexibility index (Phi) is 8.49. The minimum Gasteiger partial charge on any atom is -0.493 e. The van der Waals surface area contributed by atoms with E-state index in [2.05, 4.69) is 16.2 Å². The third kappa shape index (κ3) is 6.40. The second-order valence-electron chi connectivity index (χ2n) is 6.18. The van der Waals surface area contributed by atoms with E-state index >= 15 is 0 Å². The van der Waals surface area contributed by atoms with Crippen LogP contribution >= 0.6 is 0 Å². The molecule has 0 fully saturated rings. The lowest BCUT2D eigenvalue weighted by Gasteiger charge is -2.14. The van der Waals surface area contributed by atoms with Gasteiger partial charge in [-0.15, -0.1) is 0 Å². The van der Waals surface area contributed by atoms with Gasteiger partial charge >= 0.3 is 0 Å². The van der Waals surface area contributed by atoms with Crippen molar-refractivity contribution in [1.29, 1.82) is 0 Å². The highest BCUT2D eigenvalue weighted by atomic mass is 16.5. The van der Waals surface area contributed by atoms with Crippen molar-refractivity contribution < 1.29 is 28.6 Å². The van der Waals surface area contributed by atoms with Gasteiger partial charge < -0.3 is 19.5 Å². The molecule has 0 atom stereocenters. The van der Waals surface area contributed by atoms with E-state index < -0.39 is 11.8 Å².